The van der Waals surface area contributed by atoms with Crippen LogP contribution in [-0.4, -0.2) is 40.3 Å². The van der Waals surface area contributed by atoms with Gasteiger partial charge >= 0.3 is 0 Å². The molecule has 0 unspecified atom stereocenters. The lowest BCUT2D eigenvalue weighted by Crippen LogP contribution is -2.13. The van der Waals surface area contributed by atoms with Crippen LogP contribution in [0.4, 0.5) is 0 Å². The molecule has 9 nitrogen and oxygen atoms in total. The summed E-state index contributed by atoms with van der Waals surface area (Å²) in [4.78, 5) is 12.9. The van der Waals surface area contributed by atoms with Crippen molar-refractivity contribution in [3.8, 4) is 5.88 Å². The second-order valence-electron chi connectivity index (χ2n) is 6.02. The number of fused-ring (bicyclic) bond motifs is 3. The topological polar surface area (TPSA) is 126 Å². The zero-order valence-electron chi connectivity index (χ0n) is 14.6. The predicted octanol–water partition coefficient (Wildman–Crippen LogP) is 1.39. The van der Waals surface area contributed by atoms with E-state index in [1.54, 1.807) is 25.4 Å². The summed E-state index contributed by atoms with van der Waals surface area (Å²) < 4.78 is 29.7. The Morgan fingerprint density at radius 1 is 1.11 bits per heavy atom. The van der Waals surface area contributed by atoms with Crippen molar-refractivity contribution in [2.24, 2.45) is 5.14 Å². The van der Waals surface area contributed by atoms with E-state index in [0.717, 1.165) is 22.0 Å². The Morgan fingerprint density at radius 3 is 2.59 bits per heavy atom. The van der Waals surface area contributed by atoms with E-state index in [-0.39, 0.29) is 4.90 Å². The number of pyridine rings is 3. The number of rotatable bonds is 4. The summed E-state index contributed by atoms with van der Waals surface area (Å²) in [6.45, 7) is 2.27. The number of methoxy groups -OCH3 is 1. The Morgan fingerprint density at radius 2 is 1.93 bits per heavy atom. The highest BCUT2D eigenvalue weighted by atomic mass is 32.2. The van der Waals surface area contributed by atoms with Crippen molar-refractivity contribution in [1.29, 1.82) is 0 Å². The minimum Gasteiger partial charge on any atom is -0.481 e. The minimum absolute atomic E-state index is 0.0290. The molecule has 4 rings (SSSR count). The third-order valence-electron chi connectivity index (χ3n) is 4.24. The highest BCUT2D eigenvalue weighted by Crippen LogP contribution is 2.27. The predicted molar refractivity (Wildman–Crippen MR) is 98.8 cm³/mol. The molecular weight excluding hydrogens is 368 g/mol. The van der Waals surface area contributed by atoms with Gasteiger partial charge in [-0.3, -0.25) is 9.67 Å². The fraction of sp³-hybridized carbons (Fsp3) is 0.176. The molecule has 0 spiro atoms. The van der Waals surface area contributed by atoms with Crippen LogP contribution in [0.1, 0.15) is 11.4 Å². The van der Waals surface area contributed by atoms with E-state index in [2.05, 4.69) is 20.1 Å². The largest absolute Gasteiger partial charge is 0.481 e. The lowest BCUT2D eigenvalue weighted by molar-refractivity contribution is 0.399. The van der Waals surface area contributed by atoms with E-state index < -0.39 is 10.0 Å². The van der Waals surface area contributed by atoms with Crippen LogP contribution in [0.2, 0.25) is 0 Å². The van der Waals surface area contributed by atoms with Crippen molar-refractivity contribution in [2.75, 3.05) is 7.11 Å². The summed E-state index contributed by atoms with van der Waals surface area (Å²) in [5.41, 5.74) is 2.92. The van der Waals surface area contributed by atoms with Crippen LogP contribution in [0.15, 0.2) is 41.6 Å². The van der Waals surface area contributed by atoms with E-state index in [9.17, 15) is 8.42 Å². The van der Waals surface area contributed by atoms with Gasteiger partial charge in [-0.2, -0.15) is 10.1 Å². The molecule has 0 saturated heterocycles. The molecule has 0 amide bonds. The number of primary sulfonamides is 1. The Labute approximate surface area is 154 Å². The summed E-state index contributed by atoms with van der Waals surface area (Å²) in [7, 11) is -2.22. The van der Waals surface area contributed by atoms with E-state index in [1.807, 2.05) is 17.7 Å². The quantitative estimate of drug-likeness (QED) is 0.563. The summed E-state index contributed by atoms with van der Waals surface area (Å²) >= 11 is 0. The van der Waals surface area contributed by atoms with Gasteiger partial charge in [0.05, 0.1) is 30.6 Å². The molecule has 0 aromatic carbocycles. The molecule has 0 radical (unpaired) electrons. The summed E-state index contributed by atoms with van der Waals surface area (Å²) in [5.74, 6) is 0.484. The van der Waals surface area contributed by atoms with Crippen molar-refractivity contribution >= 4 is 32.0 Å². The van der Waals surface area contributed by atoms with Crippen molar-refractivity contribution in [1.82, 2.24) is 24.7 Å². The Hall–Kier alpha value is -3.11. The van der Waals surface area contributed by atoms with Crippen LogP contribution < -0.4 is 9.88 Å². The van der Waals surface area contributed by atoms with E-state index >= 15 is 0 Å². The van der Waals surface area contributed by atoms with Gasteiger partial charge in [-0.15, -0.1) is 0 Å². The number of ether oxygens (including phenoxy) is 1. The molecule has 0 saturated carbocycles. The van der Waals surface area contributed by atoms with Crippen molar-refractivity contribution in [3.63, 3.8) is 0 Å². The number of nitrogens with zero attached hydrogens (tertiary/aromatic N) is 5. The van der Waals surface area contributed by atoms with Gasteiger partial charge in [0.1, 0.15) is 4.90 Å². The molecule has 0 bridgehead atoms. The highest BCUT2D eigenvalue weighted by Gasteiger charge is 2.15. The Balaban J connectivity index is 1.83. The second-order valence-corrected chi connectivity index (χ2v) is 7.58. The van der Waals surface area contributed by atoms with Gasteiger partial charge < -0.3 is 4.74 Å². The Bertz CT molecular complexity index is 1270. The van der Waals surface area contributed by atoms with Crippen LogP contribution in [0.25, 0.3) is 21.9 Å². The van der Waals surface area contributed by atoms with Crippen molar-refractivity contribution in [2.45, 2.75) is 18.4 Å². The maximum Gasteiger partial charge on any atom is 0.239 e. The van der Waals surface area contributed by atoms with Gasteiger partial charge in [-0.05, 0) is 25.1 Å². The molecule has 2 N–H and O–H groups in total. The molecule has 27 heavy (non-hydrogen) atoms. The van der Waals surface area contributed by atoms with Crippen LogP contribution in [0.5, 0.6) is 5.88 Å². The average Bonchev–Trinajstić information content (AvgIpc) is 2.96. The van der Waals surface area contributed by atoms with E-state index in [4.69, 9.17) is 9.88 Å². The molecule has 0 aliphatic rings. The monoisotopic (exact) mass is 384 g/mol. The smallest absolute Gasteiger partial charge is 0.239 e. The molecule has 0 fully saturated rings. The zero-order valence-corrected chi connectivity index (χ0v) is 15.4. The first-order chi connectivity index (χ1) is 12.9. The minimum atomic E-state index is -3.77. The van der Waals surface area contributed by atoms with Crippen molar-refractivity contribution in [3.05, 3.63) is 48.0 Å². The number of hydrogen-bond acceptors (Lipinski definition) is 7. The molecule has 0 atom stereocenters. The van der Waals surface area contributed by atoms with Gasteiger partial charge in [0, 0.05) is 29.2 Å². The molecule has 4 heterocycles. The number of hydrogen-bond donors (Lipinski definition) is 1. The molecular formula is C17H16N6O3S. The standard InChI is InChI=1S/C17H16N6O3S/c1-10-14-8-20-17-13(5-6-15(21-17)26-2)16(14)23(22-10)9-11-3-4-12(7-19-11)27(18,24)25/h3-8H,9H2,1-2H3,(H2,18,24,25). The average molecular weight is 384 g/mol. The fourth-order valence-corrected chi connectivity index (χ4v) is 3.39. The van der Waals surface area contributed by atoms with E-state index in [0.29, 0.717) is 23.8 Å². The summed E-state index contributed by atoms with van der Waals surface area (Å²) in [6, 6.07) is 6.72. The van der Waals surface area contributed by atoms with Crippen LogP contribution in [-0.2, 0) is 16.6 Å². The maximum absolute atomic E-state index is 11.4. The first-order valence-electron chi connectivity index (χ1n) is 8.01. The SMILES string of the molecule is COc1ccc2c(ncc3c(C)nn(Cc4ccc(S(N)(=O)=O)cn4)c32)n1. The van der Waals surface area contributed by atoms with Gasteiger partial charge in [0.2, 0.25) is 15.9 Å². The highest BCUT2D eigenvalue weighted by molar-refractivity contribution is 7.89. The molecule has 4 aromatic heterocycles. The third kappa shape index (κ3) is 3.09. The molecule has 4 aromatic rings. The molecule has 0 aliphatic heterocycles. The number of sulfonamides is 1. The molecule has 138 valence electrons. The summed E-state index contributed by atoms with van der Waals surface area (Å²) in [5, 5.41) is 11.5. The maximum atomic E-state index is 11.4. The zero-order chi connectivity index (χ0) is 19.2. The second kappa shape index (κ2) is 6.25. The van der Waals surface area contributed by atoms with Crippen LogP contribution >= 0.6 is 0 Å². The first kappa shape index (κ1) is 17.3. The Kier molecular flexibility index (Phi) is 4.01. The lowest BCUT2D eigenvalue weighted by Gasteiger charge is -2.07. The number of aryl methyl sites for hydroxylation is 1. The first-order valence-corrected chi connectivity index (χ1v) is 9.56. The molecule has 10 heteroatoms. The van der Waals surface area contributed by atoms with Gasteiger partial charge in [-0.1, -0.05) is 0 Å². The lowest BCUT2D eigenvalue weighted by atomic mass is 10.2. The summed E-state index contributed by atoms with van der Waals surface area (Å²) in [6.07, 6.45) is 2.98. The normalized spacial score (nSPS) is 12.0. The van der Waals surface area contributed by atoms with Gasteiger partial charge in [0.25, 0.3) is 0 Å². The van der Waals surface area contributed by atoms with Gasteiger partial charge in [0.15, 0.2) is 5.65 Å². The fourth-order valence-electron chi connectivity index (χ4n) is 2.93. The third-order valence-corrected chi connectivity index (χ3v) is 5.14. The van der Waals surface area contributed by atoms with Gasteiger partial charge in [-0.25, -0.2) is 18.5 Å². The number of nitrogens with two attached hydrogens (primary N) is 1. The van der Waals surface area contributed by atoms with Crippen LogP contribution in [0.3, 0.4) is 0 Å². The number of aromatic nitrogens is 5. The van der Waals surface area contributed by atoms with Crippen LogP contribution in [0, 0.1) is 6.92 Å². The molecule has 0 aliphatic carbocycles. The van der Waals surface area contributed by atoms with Crippen molar-refractivity contribution < 1.29 is 13.2 Å². The van der Waals surface area contributed by atoms with E-state index in [1.165, 1.54) is 12.3 Å².